The van der Waals surface area contributed by atoms with E-state index in [1.165, 1.54) is 0 Å². The first-order valence-corrected chi connectivity index (χ1v) is 8.22. The molecule has 0 N–H and O–H groups in total. The molecule has 1 unspecified atom stereocenters. The van der Waals surface area contributed by atoms with Crippen molar-refractivity contribution in [1.29, 1.82) is 0 Å². The van der Waals surface area contributed by atoms with Crippen molar-refractivity contribution in [3.63, 3.8) is 0 Å². The van der Waals surface area contributed by atoms with E-state index >= 15 is 0 Å². The van der Waals surface area contributed by atoms with Gasteiger partial charge in [-0.3, -0.25) is 4.90 Å². The smallest absolute Gasteiger partial charge is 0.257 e. The average Bonchev–Trinajstić information content (AvgIpc) is 3.19. The first-order chi connectivity index (χ1) is 10.6. The zero-order valence-electron chi connectivity index (χ0n) is 12.4. The molecule has 0 fully saturated rings. The monoisotopic (exact) mass is 333 g/mol. The van der Waals surface area contributed by atoms with E-state index in [0.717, 1.165) is 22.0 Å². The Morgan fingerprint density at radius 2 is 2.05 bits per heavy atom. The van der Waals surface area contributed by atoms with Crippen LogP contribution in [-0.4, -0.2) is 22.1 Å². The van der Waals surface area contributed by atoms with Crippen LogP contribution in [0.2, 0.25) is 5.02 Å². The number of hydrogen-bond acceptors (Lipinski definition) is 5. The lowest BCUT2D eigenvalue weighted by Crippen LogP contribution is -2.22. The molecule has 3 rings (SSSR count). The van der Waals surface area contributed by atoms with Crippen molar-refractivity contribution in [2.24, 2.45) is 0 Å². The molecule has 3 aromatic rings. The minimum Gasteiger partial charge on any atom is -0.418 e. The van der Waals surface area contributed by atoms with Crippen molar-refractivity contribution in [2.75, 3.05) is 7.05 Å². The zero-order chi connectivity index (χ0) is 15.5. The molecule has 6 heteroatoms. The maximum Gasteiger partial charge on any atom is 0.257 e. The van der Waals surface area contributed by atoms with E-state index in [1.54, 1.807) is 11.3 Å². The summed E-state index contributed by atoms with van der Waals surface area (Å²) in [7, 11) is 2.02. The molecule has 114 valence electrons. The van der Waals surface area contributed by atoms with Gasteiger partial charge in [0.2, 0.25) is 5.89 Å². The second-order valence-electron chi connectivity index (χ2n) is 5.11. The van der Waals surface area contributed by atoms with Crippen LogP contribution >= 0.6 is 22.9 Å². The van der Waals surface area contributed by atoms with Gasteiger partial charge < -0.3 is 4.42 Å². The molecule has 0 amide bonds. The van der Waals surface area contributed by atoms with Gasteiger partial charge in [0, 0.05) is 11.6 Å². The highest BCUT2D eigenvalue weighted by Crippen LogP contribution is 2.27. The number of rotatable bonds is 5. The van der Waals surface area contributed by atoms with Crippen molar-refractivity contribution in [1.82, 2.24) is 15.1 Å². The summed E-state index contributed by atoms with van der Waals surface area (Å²) >= 11 is 7.80. The van der Waals surface area contributed by atoms with Crippen LogP contribution in [0, 0.1) is 0 Å². The number of hydrogen-bond donors (Lipinski definition) is 0. The minimum atomic E-state index is 0.0116. The molecule has 4 nitrogen and oxygen atoms in total. The van der Waals surface area contributed by atoms with E-state index in [2.05, 4.69) is 15.1 Å². The maximum atomic E-state index is 6.21. The molecular formula is C16H16ClN3OS. The lowest BCUT2D eigenvalue weighted by atomic mass is 10.2. The predicted molar refractivity (Wildman–Crippen MR) is 88.9 cm³/mol. The summed E-state index contributed by atoms with van der Waals surface area (Å²) in [5.41, 5.74) is 1.08. The molecule has 1 aromatic carbocycles. The summed E-state index contributed by atoms with van der Waals surface area (Å²) in [6.07, 6.45) is 0. The SMILES string of the molecule is CC(c1nnc(-c2cccs2)o1)N(C)Cc1ccccc1Cl. The molecule has 2 aromatic heterocycles. The third kappa shape index (κ3) is 3.21. The summed E-state index contributed by atoms with van der Waals surface area (Å²) in [6, 6.07) is 11.8. The number of benzene rings is 1. The van der Waals surface area contributed by atoms with Gasteiger partial charge >= 0.3 is 0 Å². The predicted octanol–water partition coefficient (Wildman–Crippen LogP) is 4.64. The minimum absolute atomic E-state index is 0.0116. The third-order valence-electron chi connectivity index (χ3n) is 3.57. The van der Waals surface area contributed by atoms with Gasteiger partial charge in [-0.25, -0.2) is 0 Å². The van der Waals surface area contributed by atoms with Crippen LogP contribution in [0.25, 0.3) is 10.8 Å². The summed E-state index contributed by atoms with van der Waals surface area (Å²) < 4.78 is 5.79. The first kappa shape index (κ1) is 15.2. The average molecular weight is 334 g/mol. The van der Waals surface area contributed by atoms with E-state index in [9.17, 15) is 0 Å². The van der Waals surface area contributed by atoms with Crippen molar-refractivity contribution in [2.45, 2.75) is 19.5 Å². The second kappa shape index (κ2) is 6.60. The summed E-state index contributed by atoms with van der Waals surface area (Å²) in [6.45, 7) is 2.76. The van der Waals surface area contributed by atoms with Gasteiger partial charge in [-0.05, 0) is 37.0 Å². The number of halogens is 1. The third-order valence-corrected chi connectivity index (χ3v) is 4.80. The number of nitrogens with zero attached hydrogens (tertiary/aromatic N) is 3. The summed E-state index contributed by atoms with van der Waals surface area (Å²) in [5.74, 6) is 1.18. The highest BCUT2D eigenvalue weighted by molar-refractivity contribution is 7.13. The standard InChI is InChI=1S/C16H16ClN3OS/c1-11(20(2)10-12-6-3-4-7-13(12)17)15-18-19-16(21-15)14-8-5-9-22-14/h3-9,11H,10H2,1-2H3. The highest BCUT2D eigenvalue weighted by atomic mass is 35.5. The molecular weight excluding hydrogens is 318 g/mol. The van der Waals surface area contributed by atoms with E-state index in [4.69, 9.17) is 16.0 Å². The second-order valence-corrected chi connectivity index (χ2v) is 6.46. The first-order valence-electron chi connectivity index (χ1n) is 6.96. The van der Waals surface area contributed by atoms with E-state index in [1.807, 2.05) is 55.7 Å². The Morgan fingerprint density at radius 3 is 2.77 bits per heavy atom. The Hall–Kier alpha value is -1.69. The number of thiophene rings is 1. The zero-order valence-corrected chi connectivity index (χ0v) is 13.9. The fourth-order valence-corrected chi connectivity index (χ4v) is 2.96. The van der Waals surface area contributed by atoms with Crippen LogP contribution in [0.1, 0.15) is 24.4 Å². The fraction of sp³-hybridized carbons (Fsp3) is 0.250. The molecule has 0 aliphatic heterocycles. The van der Waals surface area contributed by atoms with Crippen LogP contribution in [0.4, 0.5) is 0 Å². The Morgan fingerprint density at radius 1 is 1.23 bits per heavy atom. The van der Waals surface area contributed by atoms with Crippen molar-refractivity contribution < 1.29 is 4.42 Å². The van der Waals surface area contributed by atoms with Gasteiger partial charge in [0.05, 0.1) is 10.9 Å². The Balaban J connectivity index is 1.73. The van der Waals surface area contributed by atoms with Crippen LogP contribution in [0.3, 0.4) is 0 Å². The Bertz CT molecular complexity index is 741. The number of aromatic nitrogens is 2. The summed E-state index contributed by atoms with van der Waals surface area (Å²) in [5, 5.41) is 11.1. The molecule has 0 saturated heterocycles. The molecule has 0 aliphatic carbocycles. The highest BCUT2D eigenvalue weighted by Gasteiger charge is 2.20. The molecule has 0 bridgehead atoms. The topological polar surface area (TPSA) is 42.2 Å². The van der Waals surface area contributed by atoms with Gasteiger partial charge in [0.15, 0.2) is 0 Å². The molecule has 22 heavy (non-hydrogen) atoms. The quantitative estimate of drug-likeness (QED) is 0.682. The molecule has 0 aliphatic rings. The fourth-order valence-electron chi connectivity index (χ4n) is 2.12. The largest absolute Gasteiger partial charge is 0.418 e. The van der Waals surface area contributed by atoms with Gasteiger partial charge in [0.25, 0.3) is 5.89 Å². The van der Waals surface area contributed by atoms with E-state index in [0.29, 0.717) is 11.8 Å². The van der Waals surface area contributed by atoms with Gasteiger partial charge in [-0.1, -0.05) is 35.9 Å². The van der Waals surface area contributed by atoms with E-state index < -0.39 is 0 Å². The molecule has 1 atom stereocenters. The normalized spacial score (nSPS) is 12.7. The molecule has 0 spiro atoms. The molecule has 2 heterocycles. The van der Waals surface area contributed by atoms with Gasteiger partial charge in [0.1, 0.15) is 0 Å². The van der Waals surface area contributed by atoms with Crippen LogP contribution in [0.5, 0.6) is 0 Å². The van der Waals surface area contributed by atoms with Gasteiger partial charge in [-0.15, -0.1) is 21.5 Å². The Kier molecular flexibility index (Phi) is 4.57. The molecule has 0 saturated carbocycles. The lowest BCUT2D eigenvalue weighted by molar-refractivity contribution is 0.218. The van der Waals surface area contributed by atoms with Crippen LogP contribution in [-0.2, 0) is 6.54 Å². The van der Waals surface area contributed by atoms with Crippen LogP contribution in [0.15, 0.2) is 46.2 Å². The maximum absolute atomic E-state index is 6.21. The lowest BCUT2D eigenvalue weighted by Gasteiger charge is -2.22. The van der Waals surface area contributed by atoms with Crippen LogP contribution < -0.4 is 0 Å². The Labute approximate surface area is 138 Å². The van der Waals surface area contributed by atoms with Gasteiger partial charge in [-0.2, -0.15) is 0 Å². The van der Waals surface area contributed by atoms with Crippen molar-refractivity contribution in [3.8, 4) is 10.8 Å². The molecule has 0 radical (unpaired) electrons. The van der Waals surface area contributed by atoms with E-state index in [-0.39, 0.29) is 6.04 Å². The van der Waals surface area contributed by atoms with Crippen molar-refractivity contribution >= 4 is 22.9 Å². The van der Waals surface area contributed by atoms with Crippen molar-refractivity contribution in [3.05, 3.63) is 58.3 Å². The summed E-state index contributed by atoms with van der Waals surface area (Å²) in [4.78, 5) is 3.12.